The molecule has 1 N–H and O–H groups in total. The molecule has 0 spiro atoms. The number of furan rings is 1. The van der Waals surface area contributed by atoms with Crippen molar-refractivity contribution in [2.45, 2.75) is 0 Å². The van der Waals surface area contributed by atoms with E-state index in [1.165, 1.54) is 6.26 Å². The number of hydrogen-bond donors (Lipinski definition) is 1. The van der Waals surface area contributed by atoms with Gasteiger partial charge in [0.15, 0.2) is 11.5 Å². The summed E-state index contributed by atoms with van der Waals surface area (Å²) in [5.41, 5.74) is 1.13. The fourth-order valence-corrected chi connectivity index (χ4v) is 1.40. The molecule has 0 aliphatic carbocycles. The largest absolute Gasteiger partial charge is 0.463 e. The van der Waals surface area contributed by atoms with Gasteiger partial charge in [-0.15, -0.1) is 0 Å². The first-order valence-electron chi connectivity index (χ1n) is 4.33. The van der Waals surface area contributed by atoms with Crippen LogP contribution in [0.4, 0.5) is 0 Å². The maximum Gasteiger partial charge on any atom is 0.156 e. The smallest absolute Gasteiger partial charge is 0.156 e. The molecule has 2 rings (SSSR count). The number of oxime groups is 1. The third-order valence-corrected chi connectivity index (χ3v) is 2.22. The average Bonchev–Trinajstić information content (AvgIpc) is 2.75. The fourth-order valence-electron chi connectivity index (χ4n) is 1.27. The van der Waals surface area contributed by atoms with E-state index in [1.54, 1.807) is 36.4 Å². The maximum atomic E-state index is 8.92. The first-order chi connectivity index (χ1) is 7.31. The van der Waals surface area contributed by atoms with Gasteiger partial charge < -0.3 is 9.62 Å². The van der Waals surface area contributed by atoms with Crippen molar-refractivity contribution in [1.82, 2.24) is 0 Å². The molecule has 0 aliphatic heterocycles. The van der Waals surface area contributed by atoms with Crippen molar-refractivity contribution in [1.29, 1.82) is 0 Å². The Bertz CT molecular complexity index is 460. The van der Waals surface area contributed by atoms with E-state index < -0.39 is 0 Å². The molecule has 1 heterocycles. The van der Waals surface area contributed by atoms with Gasteiger partial charge in [0.1, 0.15) is 0 Å². The van der Waals surface area contributed by atoms with Crippen LogP contribution in [0.1, 0.15) is 11.3 Å². The third kappa shape index (κ3) is 2.02. The molecule has 15 heavy (non-hydrogen) atoms. The van der Waals surface area contributed by atoms with Crippen LogP contribution in [-0.4, -0.2) is 10.9 Å². The highest BCUT2D eigenvalue weighted by Gasteiger charge is 2.09. The first-order valence-corrected chi connectivity index (χ1v) is 4.71. The van der Waals surface area contributed by atoms with Crippen LogP contribution in [-0.2, 0) is 0 Å². The Kier molecular flexibility index (Phi) is 2.74. The van der Waals surface area contributed by atoms with E-state index in [9.17, 15) is 0 Å². The maximum absolute atomic E-state index is 8.92. The SMILES string of the molecule is O/N=C(/c1ccc(Cl)cc1)c1ccco1. The number of benzene rings is 1. The van der Waals surface area contributed by atoms with Gasteiger partial charge in [-0.25, -0.2) is 0 Å². The van der Waals surface area contributed by atoms with Crippen LogP contribution in [0.25, 0.3) is 0 Å². The lowest BCUT2D eigenvalue weighted by atomic mass is 10.1. The monoisotopic (exact) mass is 221 g/mol. The molecule has 0 atom stereocenters. The summed E-state index contributed by atoms with van der Waals surface area (Å²) >= 11 is 5.76. The van der Waals surface area contributed by atoms with Crippen LogP contribution >= 0.6 is 11.6 Å². The van der Waals surface area contributed by atoms with Crippen molar-refractivity contribution in [3.8, 4) is 0 Å². The Morgan fingerprint density at radius 3 is 2.47 bits per heavy atom. The molecule has 0 fully saturated rings. The first kappa shape index (κ1) is 9.80. The van der Waals surface area contributed by atoms with Crippen LogP contribution in [0.5, 0.6) is 0 Å². The van der Waals surface area contributed by atoms with Crippen LogP contribution < -0.4 is 0 Å². The van der Waals surface area contributed by atoms with Crippen LogP contribution in [0.3, 0.4) is 0 Å². The van der Waals surface area contributed by atoms with Gasteiger partial charge in [0.05, 0.1) is 6.26 Å². The quantitative estimate of drug-likeness (QED) is 0.481. The van der Waals surface area contributed by atoms with Gasteiger partial charge in [-0.3, -0.25) is 0 Å². The highest BCUT2D eigenvalue weighted by atomic mass is 35.5. The molecule has 2 aromatic rings. The Morgan fingerprint density at radius 1 is 1.20 bits per heavy atom. The molecule has 0 aliphatic rings. The Balaban J connectivity index is 2.41. The van der Waals surface area contributed by atoms with Crippen molar-refractivity contribution >= 4 is 17.3 Å². The molecule has 76 valence electrons. The molecule has 0 saturated carbocycles. The molecule has 3 nitrogen and oxygen atoms in total. The van der Waals surface area contributed by atoms with E-state index in [0.29, 0.717) is 16.5 Å². The number of rotatable bonds is 2. The zero-order valence-electron chi connectivity index (χ0n) is 7.72. The molecular formula is C11H8ClNO2. The summed E-state index contributed by atoms with van der Waals surface area (Å²) in [6.45, 7) is 0. The molecule has 0 radical (unpaired) electrons. The van der Waals surface area contributed by atoms with E-state index in [0.717, 1.165) is 5.56 Å². The molecule has 0 bridgehead atoms. The normalized spacial score (nSPS) is 11.7. The predicted octanol–water partition coefficient (Wildman–Crippen LogP) is 3.16. The summed E-state index contributed by atoms with van der Waals surface area (Å²) in [5.74, 6) is 0.514. The van der Waals surface area contributed by atoms with Gasteiger partial charge in [-0.05, 0) is 24.3 Å². The lowest BCUT2D eigenvalue weighted by Gasteiger charge is -2.00. The van der Waals surface area contributed by atoms with Crippen LogP contribution in [0.15, 0.2) is 52.2 Å². The molecule has 4 heteroatoms. The second kappa shape index (κ2) is 4.19. The third-order valence-electron chi connectivity index (χ3n) is 1.97. The van der Waals surface area contributed by atoms with Gasteiger partial charge in [-0.2, -0.15) is 0 Å². The predicted molar refractivity (Wildman–Crippen MR) is 57.6 cm³/mol. The molecule has 0 unspecified atom stereocenters. The zero-order valence-corrected chi connectivity index (χ0v) is 8.48. The topological polar surface area (TPSA) is 45.7 Å². The summed E-state index contributed by atoms with van der Waals surface area (Å²) in [6.07, 6.45) is 1.52. The van der Waals surface area contributed by atoms with E-state index in [2.05, 4.69) is 5.16 Å². The lowest BCUT2D eigenvalue weighted by Crippen LogP contribution is -2.01. The molecule has 0 saturated heterocycles. The summed E-state index contributed by atoms with van der Waals surface area (Å²) in [4.78, 5) is 0. The standard InChI is InChI=1S/C11H8ClNO2/c12-9-5-3-8(4-6-9)11(13-14)10-2-1-7-15-10/h1-7,14H/b13-11-. The van der Waals surface area contributed by atoms with Crippen molar-refractivity contribution in [3.05, 3.63) is 59.0 Å². The minimum atomic E-state index is 0.386. The van der Waals surface area contributed by atoms with Gasteiger partial charge >= 0.3 is 0 Å². The summed E-state index contributed by atoms with van der Waals surface area (Å²) in [7, 11) is 0. The van der Waals surface area contributed by atoms with Crippen molar-refractivity contribution in [2.24, 2.45) is 5.16 Å². The van der Waals surface area contributed by atoms with E-state index >= 15 is 0 Å². The van der Waals surface area contributed by atoms with E-state index in [1.807, 2.05) is 0 Å². The summed E-state index contributed by atoms with van der Waals surface area (Å²) in [5, 5.41) is 12.8. The number of nitrogens with zero attached hydrogens (tertiary/aromatic N) is 1. The van der Waals surface area contributed by atoms with Crippen LogP contribution in [0.2, 0.25) is 5.02 Å². The highest BCUT2D eigenvalue weighted by molar-refractivity contribution is 6.30. The fraction of sp³-hybridized carbons (Fsp3) is 0. The van der Waals surface area contributed by atoms with Gasteiger partial charge in [0.25, 0.3) is 0 Å². The van der Waals surface area contributed by atoms with Crippen molar-refractivity contribution in [2.75, 3.05) is 0 Å². The molecule has 0 amide bonds. The van der Waals surface area contributed by atoms with Crippen molar-refractivity contribution < 1.29 is 9.62 Å². The summed E-state index contributed by atoms with van der Waals surface area (Å²) in [6, 6.07) is 10.4. The van der Waals surface area contributed by atoms with E-state index in [-0.39, 0.29) is 0 Å². The Labute approximate surface area is 91.6 Å². The van der Waals surface area contributed by atoms with Gasteiger partial charge in [-0.1, -0.05) is 28.9 Å². The van der Waals surface area contributed by atoms with E-state index in [4.69, 9.17) is 21.2 Å². The molecule has 1 aromatic heterocycles. The van der Waals surface area contributed by atoms with Gasteiger partial charge in [0, 0.05) is 10.6 Å². The number of halogens is 1. The van der Waals surface area contributed by atoms with Crippen molar-refractivity contribution in [3.63, 3.8) is 0 Å². The Morgan fingerprint density at radius 2 is 1.93 bits per heavy atom. The number of hydrogen-bond acceptors (Lipinski definition) is 3. The second-order valence-electron chi connectivity index (χ2n) is 2.93. The Hall–Kier alpha value is -1.74. The van der Waals surface area contributed by atoms with Gasteiger partial charge in [0.2, 0.25) is 0 Å². The highest BCUT2D eigenvalue weighted by Crippen LogP contribution is 2.14. The minimum Gasteiger partial charge on any atom is -0.463 e. The molecular weight excluding hydrogens is 214 g/mol. The lowest BCUT2D eigenvalue weighted by molar-refractivity contribution is 0.318. The average molecular weight is 222 g/mol. The second-order valence-corrected chi connectivity index (χ2v) is 3.37. The zero-order chi connectivity index (χ0) is 10.7. The minimum absolute atomic E-state index is 0.386. The van der Waals surface area contributed by atoms with Crippen LogP contribution in [0, 0.1) is 0 Å². The summed E-state index contributed by atoms with van der Waals surface area (Å²) < 4.78 is 5.15. The molecule has 1 aromatic carbocycles.